The average Bonchev–Trinajstić information content (AvgIpc) is 3.30. The minimum absolute atomic E-state index is 0.00174. The lowest BCUT2D eigenvalue weighted by molar-refractivity contribution is -0.146. The molecule has 0 aliphatic carbocycles. The number of nitrogens with two attached hydrogens (primary N) is 1. The van der Waals surface area contributed by atoms with Crippen molar-refractivity contribution >= 4 is 11.9 Å². The van der Waals surface area contributed by atoms with E-state index < -0.39 is 0 Å². The van der Waals surface area contributed by atoms with Gasteiger partial charge in [-0.05, 0) is 75.7 Å². The summed E-state index contributed by atoms with van der Waals surface area (Å²) >= 11 is 0. The van der Waals surface area contributed by atoms with Crippen molar-refractivity contribution < 1.29 is 33.3 Å². The van der Waals surface area contributed by atoms with Gasteiger partial charge < -0.3 is 29.4 Å². The Labute approximate surface area is 398 Å². The minimum Gasteiger partial charge on any atom is -0.465 e. The molecule has 0 bridgehead atoms. The van der Waals surface area contributed by atoms with Crippen molar-refractivity contribution in [3.05, 3.63) is 0 Å². The summed E-state index contributed by atoms with van der Waals surface area (Å²) in [5, 5.41) is 0. The van der Waals surface area contributed by atoms with Crippen molar-refractivity contribution in [2.75, 3.05) is 59.4 Å². The molecule has 0 aliphatic heterocycles. The summed E-state index contributed by atoms with van der Waals surface area (Å²) in [5.41, 5.74) is 5.50. The molecule has 64 heavy (non-hydrogen) atoms. The van der Waals surface area contributed by atoms with Gasteiger partial charge in [0.15, 0.2) is 0 Å². The number of ether oxygens (including phenoxy) is 5. The van der Waals surface area contributed by atoms with Gasteiger partial charge in [0.25, 0.3) is 0 Å². The van der Waals surface area contributed by atoms with Crippen LogP contribution in [0.4, 0.5) is 0 Å². The molecule has 0 rings (SSSR count). The fraction of sp³-hybridized carbons (Fsp3) is 0.964. The lowest BCUT2D eigenvalue weighted by Gasteiger charge is -2.18. The Bertz CT molecular complexity index is 877. The van der Waals surface area contributed by atoms with E-state index in [2.05, 4.69) is 27.7 Å². The molecular weight excluding hydrogens is 799 g/mol. The molecule has 0 aliphatic rings. The Morgan fingerprint density at radius 3 is 0.984 bits per heavy atom. The van der Waals surface area contributed by atoms with Crippen LogP contribution in [0, 0.1) is 17.8 Å². The van der Waals surface area contributed by atoms with Crippen LogP contribution in [0.3, 0.4) is 0 Å². The lowest BCUT2D eigenvalue weighted by Crippen LogP contribution is -2.14. The smallest absolute Gasteiger partial charge is 0.305 e. The molecule has 382 valence electrons. The topological polar surface area (TPSA) is 106 Å². The number of hydrogen-bond donors (Lipinski definition) is 1. The van der Waals surface area contributed by atoms with E-state index in [-0.39, 0.29) is 11.9 Å². The fourth-order valence-electron chi connectivity index (χ4n) is 8.89. The molecule has 8 nitrogen and oxygen atoms in total. The van der Waals surface area contributed by atoms with Gasteiger partial charge in [0.05, 0.1) is 39.6 Å². The van der Waals surface area contributed by atoms with Gasteiger partial charge in [0.2, 0.25) is 0 Å². The zero-order valence-corrected chi connectivity index (χ0v) is 43.4. The van der Waals surface area contributed by atoms with Crippen molar-refractivity contribution in [1.29, 1.82) is 0 Å². The number of rotatable bonds is 54. The van der Waals surface area contributed by atoms with E-state index in [1.165, 1.54) is 173 Å². The number of carbonyl (C=O) groups excluding carboxylic acids is 2. The number of carbonyl (C=O) groups is 2. The Morgan fingerprint density at radius 1 is 0.328 bits per heavy atom. The van der Waals surface area contributed by atoms with Crippen molar-refractivity contribution in [1.82, 2.24) is 0 Å². The van der Waals surface area contributed by atoms with E-state index in [9.17, 15) is 9.59 Å². The summed E-state index contributed by atoms with van der Waals surface area (Å²) in [7, 11) is 0. The third-order valence-corrected chi connectivity index (χ3v) is 13.2. The molecule has 8 heteroatoms. The first-order chi connectivity index (χ1) is 31.5. The quantitative estimate of drug-likeness (QED) is 0.0475. The largest absolute Gasteiger partial charge is 0.465 e. The SMILES string of the molecule is CCCCCCCCC(CCCCCC)COC(=O)CCCCCC(CCCCCC(=O)OCC(CCCCCC)CCCCCCCC)CCCCOCCOCCOCCCN. The van der Waals surface area contributed by atoms with E-state index in [0.717, 1.165) is 64.4 Å². The lowest BCUT2D eigenvalue weighted by atomic mass is 9.90. The van der Waals surface area contributed by atoms with E-state index >= 15 is 0 Å². The Kier molecular flexibility index (Phi) is 51.7. The first kappa shape index (κ1) is 62.8. The van der Waals surface area contributed by atoms with Crippen LogP contribution < -0.4 is 5.73 Å². The van der Waals surface area contributed by atoms with Crippen LogP contribution in [0.5, 0.6) is 0 Å². The predicted octanol–water partition coefficient (Wildman–Crippen LogP) is 15.8. The van der Waals surface area contributed by atoms with Gasteiger partial charge in [-0.1, -0.05) is 207 Å². The highest BCUT2D eigenvalue weighted by Crippen LogP contribution is 2.25. The molecule has 0 aromatic rings. The van der Waals surface area contributed by atoms with E-state index in [1.807, 2.05) is 0 Å². The molecular formula is C56H111NO7. The summed E-state index contributed by atoms with van der Waals surface area (Å²) in [4.78, 5) is 25.6. The predicted molar refractivity (Wildman–Crippen MR) is 272 cm³/mol. The Balaban J connectivity index is 4.72. The molecule has 0 aromatic carbocycles. The van der Waals surface area contributed by atoms with Gasteiger partial charge >= 0.3 is 11.9 Å². The van der Waals surface area contributed by atoms with Crippen LogP contribution in [0.2, 0.25) is 0 Å². The second-order valence-electron chi connectivity index (χ2n) is 19.4. The fourth-order valence-corrected chi connectivity index (χ4v) is 8.89. The van der Waals surface area contributed by atoms with Crippen LogP contribution in [0.1, 0.15) is 272 Å². The molecule has 0 spiro atoms. The van der Waals surface area contributed by atoms with Crippen LogP contribution in [0.15, 0.2) is 0 Å². The van der Waals surface area contributed by atoms with Gasteiger partial charge in [-0.2, -0.15) is 0 Å². The second-order valence-corrected chi connectivity index (χ2v) is 19.4. The van der Waals surface area contributed by atoms with E-state index in [0.29, 0.717) is 83.4 Å². The molecule has 0 saturated carbocycles. The zero-order chi connectivity index (χ0) is 46.7. The van der Waals surface area contributed by atoms with Gasteiger partial charge in [0, 0.05) is 26.1 Å². The van der Waals surface area contributed by atoms with E-state index in [1.54, 1.807) is 0 Å². The van der Waals surface area contributed by atoms with Crippen LogP contribution in [-0.4, -0.2) is 71.3 Å². The zero-order valence-electron chi connectivity index (χ0n) is 43.4. The molecule has 0 aromatic heterocycles. The molecule has 2 unspecified atom stereocenters. The maximum atomic E-state index is 12.8. The third-order valence-electron chi connectivity index (χ3n) is 13.2. The van der Waals surface area contributed by atoms with Crippen LogP contribution >= 0.6 is 0 Å². The molecule has 0 heterocycles. The maximum Gasteiger partial charge on any atom is 0.305 e. The molecule has 0 radical (unpaired) electrons. The van der Waals surface area contributed by atoms with Gasteiger partial charge in [0.1, 0.15) is 0 Å². The highest BCUT2D eigenvalue weighted by molar-refractivity contribution is 5.69. The summed E-state index contributed by atoms with van der Waals surface area (Å²) < 4.78 is 28.7. The molecule has 2 atom stereocenters. The Hall–Kier alpha value is -1.22. The van der Waals surface area contributed by atoms with Crippen LogP contribution in [0.25, 0.3) is 0 Å². The molecule has 0 saturated heterocycles. The highest BCUT2D eigenvalue weighted by Gasteiger charge is 2.15. The summed E-state index contributed by atoms with van der Waals surface area (Å²) in [6.45, 7) is 14.8. The van der Waals surface area contributed by atoms with Crippen LogP contribution in [-0.2, 0) is 33.3 Å². The third kappa shape index (κ3) is 47.3. The molecule has 0 fully saturated rings. The summed E-state index contributed by atoms with van der Waals surface area (Å²) in [6, 6.07) is 0. The first-order valence-electron chi connectivity index (χ1n) is 28.2. The van der Waals surface area contributed by atoms with Crippen molar-refractivity contribution in [2.45, 2.75) is 272 Å². The van der Waals surface area contributed by atoms with Crippen molar-refractivity contribution in [3.63, 3.8) is 0 Å². The second kappa shape index (κ2) is 52.7. The monoisotopic (exact) mass is 910 g/mol. The number of esters is 2. The van der Waals surface area contributed by atoms with Gasteiger partial charge in [-0.3, -0.25) is 9.59 Å². The van der Waals surface area contributed by atoms with Crippen molar-refractivity contribution in [3.8, 4) is 0 Å². The number of unbranched alkanes of at least 4 members (excludes halogenated alkanes) is 21. The summed E-state index contributed by atoms with van der Waals surface area (Å²) in [6.07, 6.45) is 44.9. The molecule has 2 N–H and O–H groups in total. The van der Waals surface area contributed by atoms with E-state index in [4.69, 9.17) is 29.4 Å². The number of hydrogen-bond acceptors (Lipinski definition) is 8. The first-order valence-corrected chi connectivity index (χ1v) is 28.2. The standard InChI is InChI=1S/C56H111NO7/c1-5-9-13-17-19-25-39-53(37-23-15-11-7-3)50-63-55(58)41-29-21-27-34-52(36-31-32-44-60-46-48-62-49-47-61-45-33-43-57)35-28-22-30-42-56(59)64-51-54(38-24-16-12-8-4)40-26-20-18-14-10-6-2/h52-54H,5-51,57H2,1-4H3. The van der Waals surface area contributed by atoms with Gasteiger partial charge in [-0.15, -0.1) is 0 Å². The Morgan fingerprint density at radius 2 is 0.609 bits per heavy atom. The summed E-state index contributed by atoms with van der Waals surface area (Å²) in [5.74, 6) is 1.71. The minimum atomic E-state index is -0.00174. The van der Waals surface area contributed by atoms with Crippen molar-refractivity contribution in [2.24, 2.45) is 23.5 Å². The highest BCUT2D eigenvalue weighted by atomic mass is 16.5. The average molecular weight is 911 g/mol. The maximum absolute atomic E-state index is 12.8. The molecule has 0 amide bonds. The van der Waals surface area contributed by atoms with Gasteiger partial charge in [-0.25, -0.2) is 0 Å². The normalized spacial score (nSPS) is 13.0.